The van der Waals surface area contributed by atoms with Crippen molar-refractivity contribution in [2.24, 2.45) is 5.92 Å². The van der Waals surface area contributed by atoms with Gasteiger partial charge in [0.25, 0.3) is 0 Å². The van der Waals surface area contributed by atoms with Crippen molar-refractivity contribution in [3.63, 3.8) is 0 Å². The molecule has 1 aromatic heterocycles. The van der Waals surface area contributed by atoms with Gasteiger partial charge in [-0.15, -0.1) is 10.2 Å². The number of nitrogens with zero attached hydrogens (tertiary/aromatic N) is 3. The number of halogens is 3. The van der Waals surface area contributed by atoms with Gasteiger partial charge in [-0.1, -0.05) is 19.8 Å². The SMILES string of the molecule is CCCn1c(C)nnc1CN[C@@H]1CCCC[C@@H]1C(F)(F)F. The van der Waals surface area contributed by atoms with Gasteiger partial charge in [0.15, 0.2) is 0 Å². The summed E-state index contributed by atoms with van der Waals surface area (Å²) in [4.78, 5) is 0. The van der Waals surface area contributed by atoms with Crippen LogP contribution in [-0.2, 0) is 13.1 Å². The van der Waals surface area contributed by atoms with Crippen LogP contribution in [0.4, 0.5) is 13.2 Å². The maximum Gasteiger partial charge on any atom is 0.393 e. The first-order chi connectivity index (χ1) is 9.93. The van der Waals surface area contributed by atoms with Crippen molar-refractivity contribution in [3.8, 4) is 0 Å². The minimum absolute atomic E-state index is 0.224. The van der Waals surface area contributed by atoms with Gasteiger partial charge in [-0.3, -0.25) is 0 Å². The van der Waals surface area contributed by atoms with Gasteiger partial charge in [-0.25, -0.2) is 0 Å². The average molecular weight is 304 g/mol. The fourth-order valence-electron chi connectivity index (χ4n) is 3.06. The molecule has 0 saturated heterocycles. The number of aryl methyl sites for hydroxylation is 1. The van der Waals surface area contributed by atoms with Crippen LogP contribution in [0, 0.1) is 12.8 Å². The number of hydrogen-bond donors (Lipinski definition) is 1. The summed E-state index contributed by atoms with van der Waals surface area (Å²) < 4.78 is 41.1. The van der Waals surface area contributed by atoms with Crippen molar-refractivity contribution in [1.82, 2.24) is 20.1 Å². The van der Waals surface area contributed by atoms with Crippen LogP contribution in [0.2, 0.25) is 0 Å². The molecule has 1 N–H and O–H groups in total. The summed E-state index contributed by atoms with van der Waals surface area (Å²) in [5.74, 6) is 0.292. The Balaban J connectivity index is 2.01. The van der Waals surface area contributed by atoms with E-state index in [1.165, 1.54) is 0 Å². The van der Waals surface area contributed by atoms with Crippen LogP contribution in [0.3, 0.4) is 0 Å². The monoisotopic (exact) mass is 304 g/mol. The quantitative estimate of drug-likeness (QED) is 0.908. The molecule has 0 spiro atoms. The van der Waals surface area contributed by atoms with Gasteiger partial charge >= 0.3 is 6.18 Å². The van der Waals surface area contributed by atoms with E-state index in [1.54, 1.807) is 0 Å². The zero-order valence-electron chi connectivity index (χ0n) is 12.6. The smallest absolute Gasteiger partial charge is 0.314 e. The largest absolute Gasteiger partial charge is 0.393 e. The van der Waals surface area contributed by atoms with E-state index < -0.39 is 18.1 Å². The number of rotatable bonds is 5. The molecule has 0 amide bonds. The highest BCUT2D eigenvalue weighted by atomic mass is 19.4. The third kappa shape index (κ3) is 3.96. The van der Waals surface area contributed by atoms with Crippen molar-refractivity contribution >= 4 is 0 Å². The van der Waals surface area contributed by atoms with Gasteiger partial charge in [-0.05, 0) is 26.2 Å². The summed E-state index contributed by atoms with van der Waals surface area (Å²) in [5, 5.41) is 11.2. The summed E-state index contributed by atoms with van der Waals surface area (Å²) in [6.07, 6.45) is -0.864. The molecule has 1 aromatic rings. The predicted molar refractivity (Wildman–Crippen MR) is 73.7 cm³/mol. The molecule has 0 aliphatic heterocycles. The minimum atomic E-state index is -4.12. The first-order valence-corrected chi connectivity index (χ1v) is 7.62. The molecule has 0 radical (unpaired) electrons. The fourth-order valence-corrected chi connectivity index (χ4v) is 3.06. The first-order valence-electron chi connectivity index (χ1n) is 7.62. The summed E-state index contributed by atoms with van der Waals surface area (Å²) in [5.41, 5.74) is 0. The lowest BCUT2D eigenvalue weighted by molar-refractivity contribution is -0.189. The Hall–Kier alpha value is -1.11. The second kappa shape index (κ2) is 6.77. The molecule has 1 aliphatic carbocycles. The second-order valence-electron chi connectivity index (χ2n) is 5.74. The molecule has 0 aromatic carbocycles. The first kappa shape index (κ1) is 16.3. The molecule has 7 heteroatoms. The highest BCUT2D eigenvalue weighted by Gasteiger charge is 2.45. The molecule has 0 bridgehead atoms. The Morgan fingerprint density at radius 2 is 1.95 bits per heavy atom. The molecular weight excluding hydrogens is 281 g/mol. The van der Waals surface area contributed by atoms with Gasteiger partial charge < -0.3 is 9.88 Å². The van der Waals surface area contributed by atoms with Gasteiger partial charge in [0.05, 0.1) is 12.5 Å². The molecule has 120 valence electrons. The lowest BCUT2D eigenvalue weighted by Gasteiger charge is -2.33. The second-order valence-corrected chi connectivity index (χ2v) is 5.74. The molecule has 0 unspecified atom stereocenters. The highest BCUT2D eigenvalue weighted by molar-refractivity contribution is 4.95. The Morgan fingerprint density at radius 3 is 2.62 bits per heavy atom. The van der Waals surface area contributed by atoms with Crippen molar-refractivity contribution < 1.29 is 13.2 Å². The zero-order chi connectivity index (χ0) is 15.5. The van der Waals surface area contributed by atoms with Crippen molar-refractivity contribution in [2.45, 2.75) is 71.3 Å². The summed E-state index contributed by atoms with van der Waals surface area (Å²) >= 11 is 0. The molecule has 2 atom stereocenters. The van der Waals surface area contributed by atoms with Gasteiger partial charge in [0.2, 0.25) is 0 Å². The van der Waals surface area contributed by atoms with E-state index in [0.717, 1.165) is 31.0 Å². The topological polar surface area (TPSA) is 42.7 Å². The standard InChI is InChI=1S/C14H23F3N4/c1-3-8-21-10(2)19-20-13(21)9-18-12-7-5-4-6-11(12)14(15,16)17/h11-12,18H,3-9H2,1-2H3/t11-,12+/m0/s1. The van der Waals surface area contributed by atoms with E-state index in [2.05, 4.69) is 22.4 Å². The molecule has 21 heavy (non-hydrogen) atoms. The Morgan fingerprint density at radius 1 is 1.24 bits per heavy atom. The molecule has 4 nitrogen and oxygen atoms in total. The van der Waals surface area contributed by atoms with Crippen molar-refractivity contribution in [2.75, 3.05) is 0 Å². The van der Waals surface area contributed by atoms with Crippen LogP contribution in [0.15, 0.2) is 0 Å². The normalized spacial score (nSPS) is 23.5. The molecule has 2 rings (SSSR count). The lowest BCUT2D eigenvalue weighted by atomic mass is 9.84. The molecule has 1 aliphatic rings. The number of alkyl halides is 3. The minimum Gasteiger partial charge on any atom is -0.314 e. The van der Waals surface area contributed by atoms with E-state index in [9.17, 15) is 13.2 Å². The maximum absolute atomic E-state index is 13.0. The van der Waals surface area contributed by atoms with Crippen LogP contribution >= 0.6 is 0 Å². The van der Waals surface area contributed by atoms with Crippen molar-refractivity contribution in [3.05, 3.63) is 11.6 Å². The molecule has 1 saturated carbocycles. The number of aromatic nitrogens is 3. The fraction of sp³-hybridized carbons (Fsp3) is 0.857. The third-order valence-corrected chi connectivity index (χ3v) is 4.17. The summed E-state index contributed by atoms with van der Waals surface area (Å²) in [6.45, 7) is 5.06. The molecular formula is C14H23F3N4. The van der Waals surface area contributed by atoms with Crippen LogP contribution in [0.1, 0.15) is 50.7 Å². The highest BCUT2D eigenvalue weighted by Crippen LogP contribution is 2.37. The maximum atomic E-state index is 13.0. The van der Waals surface area contributed by atoms with E-state index in [0.29, 0.717) is 19.4 Å². The van der Waals surface area contributed by atoms with Crippen LogP contribution in [-0.4, -0.2) is 27.0 Å². The molecule has 1 heterocycles. The van der Waals surface area contributed by atoms with Crippen LogP contribution in [0.5, 0.6) is 0 Å². The lowest BCUT2D eigenvalue weighted by Crippen LogP contribution is -2.45. The van der Waals surface area contributed by atoms with Crippen LogP contribution in [0.25, 0.3) is 0 Å². The third-order valence-electron chi connectivity index (χ3n) is 4.17. The average Bonchev–Trinajstić information content (AvgIpc) is 2.78. The van der Waals surface area contributed by atoms with E-state index >= 15 is 0 Å². The summed E-state index contributed by atoms with van der Waals surface area (Å²) in [6, 6.07) is -0.508. The molecule has 1 fully saturated rings. The Labute approximate surface area is 123 Å². The van der Waals surface area contributed by atoms with E-state index in [-0.39, 0.29) is 6.42 Å². The van der Waals surface area contributed by atoms with Gasteiger partial charge in [-0.2, -0.15) is 13.2 Å². The van der Waals surface area contributed by atoms with Gasteiger partial charge in [0, 0.05) is 12.6 Å². The number of nitrogens with one attached hydrogen (secondary N) is 1. The zero-order valence-corrected chi connectivity index (χ0v) is 12.6. The van der Waals surface area contributed by atoms with E-state index in [1.807, 2.05) is 11.5 Å². The van der Waals surface area contributed by atoms with Crippen LogP contribution < -0.4 is 5.32 Å². The Kier molecular flexibility index (Phi) is 5.24. The van der Waals surface area contributed by atoms with Gasteiger partial charge in [0.1, 0.15) is 11.6 Å². The number of hydrogen-bond acceptors (Lipinski definition) is 3. The van der Waals surface area contributed by atoms with Crippen molar-refractivity contribution in [1.29, 1.82) is 0 Å². The predicted octanol–water partition coefficient (Wildman–Crippen LogP) is 3.21. The van der Waals surface area contributed by atoms with E-state index in [4.69, 9.17) is 0 Å². The Bertz CT molecular complexity index is 456. The summed E-state index contributed by atoms with van der Waals surface area (Å²) in [7, 11) is 0.